The number of guanidine groups is 1. The second-order valence-corrected chi connectivity index (χ2v) is 7.66. The number of fused-ring (bicyclic) bond motifs is 1. The van der Waals surface area contributed by atoms with Crippen LogP contribution in [0.1, 0.15) is 30.9 Å². The molecule has 2 aliphatic heterocycles. The van der Waals surface area contributed by atoms with Gasteiger partial charge in [0.1, 0.15) is 5.82 Å². The lowest BCUT2D eigenvalue weighted by molar-refractivity contribution is 0.174. The third-order valence-electron chi connectivity index (χ3n) is 5.50. The lowest BCUT2D eigenvalue weighted by Crippen LogP contribution is -2.36. The van der Waals surface area contributed by atoms with Gasteiger partial charge < -0.3 is 25.0 Å². The third-order valence-corrected chi connectivity index (χ3v) is 5.50. The van der Waals surface area contributed by atoms with Crippen LogP contribution in [0, 0.1) is 5.92 Å². The lowest BCUT2D eigenvalue weighted by atomic mass is 9.99. The van der Waals surface area contributed by atoms with Crippen LogP contribution in [0.25, 0.3) is 0 Å². The van der Waals surface area contributed by atoms with Gasteiger partial charge >= 0.3 is 0 Å². The first kappa shape index (κ1) is 22.5. The zero-order valence-corrected chi connectivity index (χ0v) is 19.9. The van der Waals surface area contributed by atoms with Gasteiger partial charge in [-0.2, -0.15) is 0 Å². The van der Waals surface area contributed by atoms with Gasteiger partial charge in [-0.05, 0) is 48.1 Å². The summed E-state index contributed by atoms with van der Waals surface area (Å²) in [4.78, 5) is 11.3. The average Bonchev–Trinajstić information content (AvgIpc) is 3.23. The second-order valence-electron chi connectivity index (χ2n) is 7.66. The van der Waals surface area contributed by atoms with Crippen molar-refractivity contribution in [2.24, 2.45) is 10.9 Å². The number of hydrogen-bond donors (Lipinski definition) is 2. The van der Waals surface area contributed by atoms with E-state index in [4.69, 9.17) is 9.47 Å². The number of ether oxygens (including phenoxy) is 2. The third kappa shape index (κ3) is 5.68. The van der Waals surface area contributed by atoms with Gasteiger partial charge in [-0.3, -0.25) is 4.99 Å². The van der Waals surface area contributed by atoms with Gasteiger partial charge in [0.05, 0.1) is 0 Å². The minimum absolute atomic E-state index is 0. The Morgan fingerprint density at radius 1 is 1.07 bits per heavy atom. The van der Waals surface area contributed by atoms with E-state index in [0.29, 0.717) is 19.9 Å². The van der Waals surface area contributed by atoms with Gasteiger partial charge in [-0.25, -0.2) is 4.98 Å². The maximum Gasteiger partial charge on any atom is 0.231 e. The average molecular weight is 523 g/mol. The fraction of sp³-hybridized carbons (Fsp3) is 0.455. The summed E-state index contributed by atoms with van der Waals surface area (Å²) in [5.41, 5.74) is 2.24. The summed E-state index contributed by atoms with van der Waals surface area (Å²) in [5.74, 6) is 4.24. The Hall–Kier alpha value is -2.23. The van der Waals surface area contributed by atoms with E-state index in [1.165, 1.54) is 12.8 Å². The number of piperidine rings is 1. The Labute approximate surface area is 195 Å². The van der Waals surface area contributed by atoms with Crippen molar-refractivity contribution >= 4 is 35.8 Å². The Balaban J connectivity index is 0.00000256. The molecule has 1 aromatic carbocycles. The van der Waals surface area contributed by atoms with Gasteiger partial charge in [-0.15, -0.1) is 24.0 Å². The van der Waals surface area contributed by atoms with Crippen molar-refractivity contribution in [3.63, 3.8) is 0 Å². The Bertz CT molecular complexity index is 851. The van der Waals surface area contributed by atoms with Crippen LogP contribution in [-0.2, 0) is 13.1 Å². The van der Waals surface area contributed by atoms with E-state index in [1.54, 1.807) is 7.05 Å². The number of nitrogens with one attached hydrogen (secondary N) is 2. The van der Waals surface area contributed by atoms with Crippen LogP contribution in [-0.4, -0.2) is 37.9 Å². The minimum atomic E-state index is 0. The molecule has 2 aromatic rings. The Morgan fingerprint density at radius 3 is 2.47 bits per heavy atom. The summed E-state index contributed by atoms with van der Waals surface area (Å²) < 4.78 is 10.8. The highest BCUT2D eigenvalue weighted by Gasteiger charge is 2.17. The number of halogens is 1. The van der Waals surface area contributed by atoms with E-state index < -0.39 is 0 Å². The molecule has 162 valence electrons. The van der Waals surface area contributed by atoms with Crippen LogP contribution in [0.2, 0.25) is 0 Å². The summed E-state index contributed by atoms with van der Waals surface area (Å²) in [5, 5.41) is 6.67. The predicted octanol–water partition coefficient (Wildman–Crippen LogP) is 3.53. The van der Waals surface area contributed by atoms with E-state index in [0.717, 1.165) is 53.4 Å². The van der Waals surface area contributed by atoms with Gasteiger partial charge in [0.25, 0.3) is 0 Å². The van der Waals surface area contributed by atoms with Crippen molar-refractivity contribution < 1.29 is 9.47 Å². The number of anilines is 1. The number of hydrogen-bond acceptors (Lipinski definition) is 5. The fourth-order valence-electron chi connectivity index (χ4n) is 3.59. The van der Waals surface area contributed by atoms with Crippen molar-refractivity contribution in [3.05, 3.63) is 47.7 Å². The quantitative estimate of drug-likeness (QED) is 0.355. The first-order valence-corrected chi connectivity index (χ1v) is 10.2. The number of nitrogens with zero attached hydrogens (tertiary/aromatic N) is 3. The minimum Gasteiger partial charge on any atom is -0.454 e. The summed E-state index contributed by atoms with van der Waals surface area (Å²) in [7, 11) is 1.77. The van der Waals surface area contributed by atoms with Crippen LogP contribution in [0.4, 0.5) is 5.82 Å². The van der Waals surface area contributed by atoms with Gasteiger partial charge in [0.2, 0.25) is 6.79 Å². The molecule has 0 radical (unpaired) electrons. The van der Waals surface area contributed by atoms with E-state index in [-0.39, 0.29) is 24.0 Å². The van der Waals surface area contributed by atoms with Crippen LogP contribution in [0.15, 0.2) is 41.5 Å². The molecule has 8 heteroatoms. The van der Waals surface area contributed by atoms with Crippen molar-refractivity contribution in [1.82, 2.24) is 15.6 Å². The summed E-state index contributed by atoms with van der Waals surface area (Å²) in [6, 6.07) is 10.2. The van der Waals surface area contributed by atoms with Gasteiger partial charge in [0, 0.05) is 39.4 Å². The first-order valence-electron chi connectivity index (χ1n) is 10.2. The summed E-state index contributed by atoms with van der Waals surface area (Å²) in [6.07, 6.45) is 4.44. The highest BCUT2D eigenvalue weighted by molar-refractivity contribution is 14.0. The van der Waals surface area contributed by atoms with E-state index in [9.17, 15) is 0 Å². The Kier molecular flexibility index (Phi) is 8.01. The Morgan fingerprint density at radius 2 is 1.77 bits per heavy atom. The molecular formula is C22H30IN5O2. The zero-order chi connectivity index (χ0) is 20.1. The fourth-order valence-corrected chi connectivity index (χ4v) is 3.59. The normalized spacial score (nSPS) is 16.2. The monoisotopic (exact) mass is 523 g/mol. The number of pyridine rings is 1. The summed E-state index contributed by atoms with van der Waals surface area (Å²) >= 11 is 0. The van der Waals surface area contributed by atoms with Crippen LogP contribution < -0.4 is 25.0 Å². The van der Waals surface area contributed by atoms with E-state index in [2.05, 4.69) is 44.6 Å². The molecule has 2 N–H and O–H groups in total. The highest BCUT2D eigenvalue weighted by atomic mass is 127. The molecule has 0 saturated carbocycles. The number of aromatic nitrogens is 1. The van der Waals surface area contributed by atoms with Crippen LogP contribution in [0.5, 0.6) is 11.5 Å². The SMILES string of the molecule is CN=C(NCc1ccc(N2CCC(C)CC2)nc1)NCc1ccc2c(c1)OCO2.I. The number of benzene rings is 1. The van der Waals surface area contributed by atoms with Gasteiger partial charge in [0.15, 0.2) is 17.5 Å². The molecule has 0 spiro atoms. The molecule has 0 aliphatic carbocycles. The molecule has 30 heavy (non-hydrogen) atoms. The van der Waals surface area contributed by atoms with Crippen LogP contribution in [0.3, 0.4) is 0 Å². The van der Waals surface area contributed by atoms with Crippen molar-refractivity contribution in [2.75, 3.05) is 31.8 Å². The molecule has 1 aromatic heterocycles. The van der Waals surface area contributed by atoms with E-state index in [1.807, 2.05) is 24.4 Å². The molecule has 4 rings (SSSR count). The number of aliphatic imine (C=N–C) groups is 1. The molecule has 0 bridgehead atoms. The summed E-state index contributed by atoms with van der Waals surface area (Å²) in [6.45, 7) is 6.14. The molecule has 1 fully saturated rings. The maximum absolute atomic E-state index is 5.43. The van der Waals surface area contributed by atoms with E-state index >= 15 is 0 Å². The molecule has 7 nitrogen and oxygen atoms in total. The largest absolute Gasteiger partial charge is 0.454 e. The highest BCUT2D eigenvalue weighted by Crippen LogP contribution is 2.32. The molecule has 0 atom stereocenters. The van der Waals surface area contributed by atoms with Gasteiger partial charge in [-0.1, -0.05) is 19.1 Å². The van der Waals surface area contributed by atoms with Crippen molar-refractivity contribution in [1.29, 1.82) is 0 Å². The smallest absolute Gasteiger partial charge is 0.231 e. The standard InChI is InChI=1S/C22H29N5O2.HI/c1-16-7-9-27(10-8-16)21-6-4-18(13-24-21)14-26-22(23-2)25-12-17-3-5-19-20(11-17)29-15-28-19;/h3-6,11,13,16H,7-10,12,14-15H2,1-2H3,(H2,23,25,26);1H. The van der Waals surface area contributed by atoms with Crippen molar-refractivity contribution in [3.8, 4) is 11.5 Å². The maximum atomic E-state index is 5.43. The molecule has 0 amide bonds. The number of rotatable bonds is 5. The zero-order valence-electron chi connectivity index (χ0n) is 17.6. The molecule has 0 unspecified atom stereocenters. The predicted molar refractivity (Wildman–Crippen MR) is 130 cm³/mol. The molecule has 3 heterocycles. The molecule has 2 aliphatic rings. The first-order chi connectivity index (χ1) is 14.2. The second kappa shape index (κ2) is 10.7. The lowest BCUT2D eigenvalue weighted by Gasteiger charge is -2.31. The van der Waals surface area contributed by atoms with Crippen molar-refractivity contribution in [2.45, 2.75) is 32.9 Å². The molecule has 1 saturated heterocycles. The molecular weight excluding hydrogens is 493 g/mol. The van der Waals surface area contributed by atoms with Crippen LogP contribution >= 0.6 is 24.0 Å². The topological polar surface area (TPSA) is 71.0 Å².